The molecule has 1 aromatic heterocycles. The van der Waals surface area contributed by atoms with Gasteiger partial charge in [0.05, 0.1) is 15.6 Å². The Balaban J connectivity index is 0.00000180. The van der Waals surface area contributed by atoms with E-state index >= 15 is 0 Å². The van der Waals surface area contributed by atoms with E-state index in [-0.39, 0.29) is 12.4 Å². The summed E-state index contributed by atoms with van der Waals surface area (Å²) in [7, 11) is 0. The highest BCUT2D eigenvalue weighted by molar-refractivity contribution is 6.35. The van der Waals surface area contributed by atoms with E-state index in [1.165, 1.54) is 0 Å². The summed E-state index contributed by atoms with van der Waals surface area (Å²) in [5.41, 5.74) is 1.13. The van der Waals surface area contributed by atoms with Gasteiger partial charge in [-0.1, -0.05) is 29.3 Å². The van der Waals surface area contributed by atoms with Gasteiger partial charge in [-0.3, -0.25) is 0 Å². The minimum atomic E-state index is -0.713. The average Bonchev–Trinajstić information content (AvgIpc) is 2.34. The number of halogens is 3. The highest BCUT2D eigenvalue weighted by Crippen LogP contribution is 2.23. The largest absolute Gasteiger partial charge is 0.859 e. The molecule has 2 rings (SSSR count). The van der Waals surface area contributed by atoms with E-state index in [1.807, 2.05) is 0 Å². The van der Waals surface area contributed by atoms with E-state index in [0.717, 1.165) is 5.56 Å². The van der Waals surface area contributed by atoms with Crippen LogP contribution < -0.4 is 9.67 Å². The number of hydrogen-bond acceptors (Lipinski definition) is 2. The Morgan fingerprint density at radius 3 is 2.37 bits per heavy atom. The standard InChI is InChI=1S/C13H10Cl2N2O.ClH/c14-11-4-1-5-12(15)10(11)8-17-6-2-3-9(7-17)13(16)18;/h1-7H,8H2,(H-,16,18);1H. The maximum atomic E-state index is 11.0. The van der Waals surface area contributed by atoms with Gasteiger partial charge < -0.3 is 10.5 Å². The second-order valence-corrected chi connectivity index (χ2v) is 4.61. The van der Waals surface area contributed by atoms with Gasteiger partial charge >= 0.3 is 0 Å². The van der Waals surface area contributed by atoms with E-state index in [0.29, 0.717) is 22.2 Å². The van der Waals surface area contributed by atoms with Gasteiger partial charge in [0.25, 0.3) is 0 Å². The summed E-state index contributed by atoms with van der Waals surface area (Å²) in [6.07, 6.45) is 3.40. The van der Waals surface area contributed by atoms with Crippen LogP contribution >= 0.6 is 35.6 Å². The third-order valence-corrected chi connectivity index (χ3v) is 3.23. The van der Waals surface area contributed by atoms with Crippen LogP contribution in [-0.4, -0.2) is 5.90 Å². The van der Waals surface area contributed by atoms with Crippen molar-refractivity contribution >= 4 is 41.5 Å². The lowest BCUT2D eigenvalue weighted by molar-refractivity contribution is -0.688. The number of pyridine rings is 1. The summed E-state index contributed by atoms with van der Waals surface area (Å²) in [4.78, 5) is 0. The van der Waals surface area contributed by atoms with Gasteiger partial charge in [-0.25, -0.2) is 4.57 Å². The van der Waals surface area contributed by atoms with Crippen molar-refractivity contribution in [1.29, 1.82) is 5.41 Å². The molecular formula is C13H11Cl3N2O. The first kappa shape index (κ1) is 15.8. The maximum Gasteiger partial charge on any atom is 0.177 e. The van der Waals surface area contributed by atoms with Gasteiger partial charge in [-0.15, -0.1) is 12.4 Å². The Bertz CT molecular complexity index is 582. The molecule has 3 nitrogen and oxygen atoms in total. The Hall–Kier alpha value is -1.29. The van der Waals surface area contributed by atoms with Crippen LogP contribution in [0, 0.1) is 5.41 Å². The van der Waals surface area contributed by atoms with Gasteiger partial charge in [0, 0.05) is 11.6 Å². The number of nitrogens with zero attached hydrogens (tertiary/aromatic N) is 1. The molecule has 0 aliphatic heterocycles. The number of nitrogens with one attached hydrogen (secondary N) is 1. The van der Waals surface area contributed by atoms with Crippen LogP contribution in [0.4, 0.5) is 0 Å². The van der Waals surface area contributed by atoms with Crippen LogP contribution in [0.2, 0.25) is 10.0 Å². The fourth-order valence-corrected chi connectivity index (χ4v) is 2.14. The quantitative estimate of drug-likeness (QED) is 0.527. The van der Waals surface area contributed by atoms with Crippen LogP contribution in [0.15, 0.2) is 42.7 Å². The molecular weight excluding hydrogens is 307 g/mol. The van der Waals surface area contributed by atoms with Crippen LogP contribution in [-0.2, 0) is 6.54 Å². The molecule has 19 heavy (non-hydrogen) atoms. The predicted molar refractivity (Wildman–Crippen MR) is 76.3 cm³/mol. The molecule has 0 saturated carbocycles. The lowest BCUT2D eigenvalue weighted by atomic mass is 10.2. The minimum Gasteiger partial charge on any atom is -0.859 e. The van der Waals surface area contributed by atoms with Gasteiger partial charge in [-0.05, 0) is 24.1 Å². The summed E-state index contributed by atoms with van der Waals surface area (Å²) in [5.74, 6) is -0.713. The van der Waals surface area contributed by atoms with Gasteiger partial charge in [-0.2, -0.15) is 0 Å². The smallest absolute Gasteiger partial charge is 0.177 e. The number of aromatic nitrogens is 1. The molecule has 0 aliphatic rings. The highest BCUT2D eigenvalue weighted by atomic mass is 35.5. The SMILES string of the molecule is Cl.N=C([O-])c1ccc[n+](Cc2c(Cl)cccc2Cl)c1. The van der Waals surface area contributed by atoms with Crippen molar-refractivity contribution in [2.45, 2.75) is 6.54 Å². The van der Waals surface area contributed by atoms with Crippen molar-refractivity contribution in [3.63, 3.8) is 0 Å². The Kier molecular flexibility index (Phi) is 5.60. The van der Waals surface area contributed by atoms with Crippen molar-refractivity contribution in [1.82, 2.24) is 0 Å². The second-order valence-electron chi connectivity index (χ2n) is 3.79. The zero-order valence-electron chi connectivity index (χ0n) is 9.77. The number of hydrogen-bond donors (Lipinski definition) is 1. The predicted octanol–water partition coefficient (Wildman–Crippen LogP) is 2.44. The zero-order valence-corrected chi connectivity index (χ0v) is 12.1. The number of rotatable bonds is 3. The molecule has 1 heterocycles. The summed E-state index contributed by atoms with van der Waals surface area (Å²) >= 11 is 12.2. The monoisotopic (exact) mass is 316 g/mol. The highest BCUT2D eigenvalue weighted by Gasteiger charge is 2.11. The lowest BCUT2D eigenvalue weighted by Gasteiger charge is -2.07. The fourth-order valence-electron chi connectivity index (χ4n) is 1.62. The van der Waals surface area contributed by atoms with Crippen LogP contribution in [0.1, 0.15) is 11.1 Å². The number of benzene rings is 1. The van der Waals surface area contributed by atoms with Crippen molar-refractivity contribution < 1.29 is 9.67 Å². The molecule has 0 unspecified atom stereocenters. The molecule has 1 aromatic carbocycles. The summed E-state index contributed by atoms with van der Waals surface area (Å²) in [5, 5.41) is 19.2. The Morgan fingerprint density at radius 1 is 1.16 bits per heavy atom. The zero-order chi connectivity index (χ0) is 13.1. The minimum absolute atomic E-state index is 0. The van der Waals surface area contributed by atoms with Gasteiger partial charge in [0.2, 0.25) is 0 Å². The topological polar surface area (TPSA) is 50.8 Å². The third kappa shape index (κ3) is 3.83. The molecule has 0 amide bonds. The van der Waals surface area contributed by atoms with Gasteiger partial charge in [0.15, 0.2) is 18.9 Å². The summed E-state index contributed by atoms with van der Waals surface area (Å²) in [6, 6.07) is 8.63. The molecule has 2 aromatic rings. The molecule has 0 fully saturated rings. The molecule has 0 radical (unpaired) electrons. The van der Waals surface area contributed by atoms with Crippen LogP contribution in [0.3, 0.4) is 0 Å². The summed E-state index contributed by atoms with van der Waals surface area (Å²) < 4.78 is 1.77. The second kappa shape index (κ2) is 6.75. The molecule has 100 valence electrons. The van der Waals surface area contributed by atoms with Crippen molar-refractivity contribution in [2.24, 2.45) is 0 Å². The van der Waals surface area contributed by atoms with E-state index in [2.05, 4.69) is 0 Å². The first-order valence-corrected chi connectivity index (χ1v) is 6.01. The van der Waals surface area contributed by atoms with Crippen molar-refractivity contribution in [3.8, 4) is 0 Å². The first-order valence-electron chi connectivity index (χ1n) is 5.26. The first-order chi connectivity index (χ1) is 8.58. The molecule has 0 spiro atoms. The Morgan fingerprint density at radius 2 is 1.79 bits per heavy atom. The maximum absolute atomic E-state index is 11.0. The third-order valence-electron chi connectivity index (χ3n) is 2.52. The lowest BCUT2D eigenvalue weighted by Crippen LogP contribution is -2.35. The van der Waals surface area contributed by atoms with Crippen molar-refractivity contribution in [2.75, 3.05) is 0 Å². The average molecular weight is 318 g/mol. The molecule has 0 bridgehead atoms. The molecule has 6 heteroatoms. The molecule has 1 N–H and O–H groups in total. The molecule has 0 saturated heterocycles. The van der Waals surface area contributed by atoms with Crippen molar-refractivity contribution in [3.05, 3.63) is 63.9 Å². The van der Waals surface area contributed by atoms with E-state index in [1.54, 1.807) is 47.3 Å². The van der Waals surface area contributed by atoms with E-state index in [9.17, 15) is 5.11 Å². The fraction of sp³-hybridized carbons (Fsp3) is 0.0769. The van der Waals surface area contributed by atoms with Gasteiger partial charge in [0.1, 0.15) is 0 Å². The summed E-state index contributed by atoms with van der Waals surface area (Å²) in [6.45, 7) is 0.458. The van der Waals surface area contributed by atoms with E-state index < -0.39 is 5.90 Å². The molecule has 0 aliphatic carbocycles. The normalized spacial score (nSPS) is 9.79. The molecule has 0 atom stereocenters. The van der Waals surface area contributed by atoms with Crippen LogP contribution in [0.5, 0.6) is 0 Å². The van der Waals surface area contributed by atoms with Crippen LogP contribution in [0.25, 0.3) is 0 Å². The van der Waals surface area contributed by atoms with E-state index in [4.69, 9.17) is 28.6 Å². The Labute approximate surface area is 127 Å².